The lowest BCUT2D eigenvalue weighted by Gasteiger charge is -2.31. The number of amides is 1. The van der Waals surface area contributed by atoms with Crippen LogP contribution in [0.1, 0.15) is 6.42 Å². The number of hydrogen-bond acceptors (Lipinski definition) is 5. The van der Waals surface area contributed by atoms with Crippen LogP contribution in [0.3, 0.4) is 0 Å². The number of nitrogens with zero attached hydrogens (tertiary/aromatic N) is 2. The van der Waals surface area contributed by atoms with Crippen molar-refractivity contribution in [3.8, 4) is 0 Å². The van der Waals surface area contributed by atoms with Crippen LogP contribution in [0.2, 0.25) is 0 Å². The van der Waals surface area contributed by atoms with E-state index in [-0.39, 0.29) is 41.3 Å². The zero-order valence-electron chi connectivity index (χ0n) is 16.7. The quantitative estimate of drug-likeness (QED) is 0.678. The topological polar surface area (TPSA) is 96.2 Å². The molecule has 2 heterocycles. The highest BCUT2D eigenvalue weighted by Gasteiger charge is 2.41. The first-order valence-electron chi connectivity index (χ1n) is 9.34. The van der Waals surface area contributed by atoms with Crippen molar-refractivity contribution in [3.63, 3.8) is 0 Å². The molecule has 0 atom stereocenters. The first-order valence-corrected chi connectivity index (χ1v) is 9.34. The third-order valence-electron chi connectivity index (χ3n) is 5.03. The van der Waals surface area contributed by atoms with Gasteiger partial charge in [0.2, 0.25) is 0 Å². The molecule has 1 amide bonds. The number of hydrogen-bond donors (Lipinski definition) is 2. The van der Waals surface area contributed by atoms with E-state index in [9.17, 15) is 18.4 Å². The van der Waals surface area contributed by atoms with E-state index in [1.165, 1.54) is 30.3 Å². The fourth-order valence-electron chi connectivity index (χ4n) is 3.70. The van der Waals surface area contributed by atoms with E-state index in [1.54, 1.807) is 24.1 Å². The number of ketones is 1. The molecule has 0 aliphatic carbocycles. The summed E-state index contributed by atoms with van der Waals surface area (Å²) < 4.78 is 27.9. The fraction of sp³-hybridized carbons (Fsp3) is 0.238. The third-order valence-corrected chi connectivity index (χ3v) is 5.03. The number of carbonyl (C=O) groups excluding carboxylic acids is 2. The Hall–Kier alpha value is -3.01. The van der Waals surface area contributed by atoms with Crippen LogP contribution >= 0.6 is 12.4 Å². The van der Waals surface area contributed by atoms with Gasteiger partial charge >= 0.3 is 0 Å². The van der Waals surface area contributed by atoms with Gasteiger partial charge in [0, 0.05) is 26.1 Å². The van der Waals surface area contributed by atoms with E-state index in [0.29, 0.717) is 31.1 Å². The van der Waals surface area contributed by atoms with E-state index in [2.05, 4.69) is 10.6 Å². The standard InChI is InChI=1S/C21H20F2N4O2.ClH.H2O/c1-24-9-11-27-17-12-13(22)6-7-16(17)26-10-8-18(28)19(21(26)27)20(29)25-15-5-3-2-4-14(15)23;;/h2-7,12,24H,8-11H2,1H3,(H,25,29);1H;1H2. The Kier molecular flexibility index (Phi) is 7.72. The summed E-state index contributed by atoms with van der Waals surface area (Å²) in [5.41, 5.74) is 1.29. The normalized spacial score (nSPS) is 14.5. The molecule has 0 aromatic heterocycles. The van der Waals surface area contributed by atoms with Crippen molar-refractivity contribution in [2.24, 2.45) is 0 Å². The molecule has 31 heavy (non-hydrogen) atoms. The van der Waals surface area contributed by atoms with E-state index < -0.39 is 17.5 Å². The van der Waals surface area contributed by atoms with Crippen molar-refractivity contribution in [1.82, 2.24) is 5.32 Å². The summed E-state index contributed by atoms with van der Waals surface area (Å²) in [7, 11) is 1.78. The molecule has 0 spiro atoms. The predicted molar refractivity (Wildman–Crippen MR) is 118 cm³/mol. The molecule has 0 saturated heterocycles. The second-order valence-corrected chi connectivity index (χ2v) is 6.85. The van der Waals surface area contributed by atoms with E-state index >= 15 is 0 Å². The maximum Gasteiger partial charge on any atom is 0.263 e. The van der Waals surface area contributed by atoms with E-state index in [0.717, 1.165) is 5.69 Å². The predicted octanol–water partition coefficient (Wildman–Crippen LogP) is 2.23. The molecule has 7 nitrogen and oxygen atoms in total. The molecule has 0 fully saturated rings. The molecular formula is C21H23ClF2N4O3. The van der Waals surface area contributed by atoms with Crippen molar-refractivity contribution < 1.29 is 23.8 Å². The molecule has 10 heteroatoms. The third kappa shape index (κ3) is 4.39. The summed E-state index contributed by atoms with van der Waals surface area (Å²) >= 11 is 0. The molecule has 0 unspecified atom stereocenters. The summed E-state index contributed by atoms with van der Waals surface area (Å²) in [6.45, 7) is 1.38. The number of nitrogens with one attached hydrogen (secondary N) is 2. The maximum absolute atomic E-state index is 14.0. The van der Waals surface area contributed by atoms with Gasteiger partial charge in [-0.15, -0.1) is 12.4 Å². The van der Waals surface area contributed by atoms with Crippen LogP contribution < -0.4 is 20.4 Å². The van der Waals surface area contributed by atoms with Gasteiger partial charge in [-0.3, -0.25) is 9.59 Å². The summed E-state index contributed by atoms with van der Waals surface area (Å²) in [4.78, 5) is 29.4. The number of Topliss-reactive ketones (excluding diaryl/α,β-unsaturated/α-hetero) is 1. The molecule has 0 bridgehead atoms. The summed E-state index contributed by atoms with van der Waals surface area (Å²) in [5.74, 6) is -1.58. The summed E-state index contributed by atoms with van der Waals surface area (Å²) in [6.07, 6.45) is 0.139. The Bertz CT molecular complexity index is 1030. The number of para-hydroxylation sites is 1. The van der Waals surface area contributed by atoms with Gasteiger partial charge in [0.15, 0.2) is 5.78 Å². The van der Waals surface area contributed by atoms with Gasteiger partial charge in [0.05, 0.1) is 17.1 Å². The number of anilines is 3. The second kappa shape index (κ2) is 9.86. The molecule has 166 valence electrons. The van der Waals surface area contributed by atoms with Gasteiger partial charge < -0.3 is 25.9 Å². The molecule has 2 aliphatic heterocycles. The average molecular weight is 453 g/mol. The molecule has 0 radical (unpaired) electrons. The second-order valence-electron chi connectivity index (χ2n) is 6.85. The fourth-order valence-corrected chi connectivity index (χ4v) is 3.70. The van der Waals surface area contributed by atoms with Crippen molar-refractivity contribution in [1.29, 1.82) is 0 Å². The van der Waals surface area contributed by atoms with Crippen LogP contribution in [-0.2, 0) is 9.59 Å². The molecule has 4 rings (SSSR count). The van der Waals surface area contributed by atoms with Crippen LogP contribution in [0.25, 0.3) is 0 Å². The lowest BCUT2D eigenvalue weighted by Crippen LogP contribution is -2.42. The maximum atomic E-state index is 14.0. The summed E-state index contributed by atoms with van der Waals surface area (Å²) in [5, 5.41) is 5.53. The number of halogens is 3. The molecule has 2 aliphatic rings. The lowest BCUT2D eigenvalue weighted by molar-refractivity contribution is -0.120. The number of benzene rings is 2. The molecule has 4 N–H and O–H groups in total. The van der Waals surface area contributed by atoms with Gasteiger partial charge in [-0.25, -0.2) is 8.78 Å². The van der Waals surface area contributed by atoms with Crippen LogP contribution in [-0.4, -0.2) is 43.8 Å². The highest BCUT2D eigenvalue weighted by atomic mass is 35.5. The van der Waals surface area contributed by atoms with Crippen LogP contribution in [0, 0.1) is 11.6 Å². The van der Waals surface area contributed by atoms with Crippen molar-refractivity contribution >= 4 is 41.2 Å². The first kappa shape index (κ1) is 24.3. The van der Waals surface area contributed by atoms with Crippen LogP contribution in [0.15, 0.2) is 53.9 Å². The monoisotopic (exact) mass is 452 g/mol. The minimum atomic E-state index is -0.678. The van der Waals surface area contributed by atoms with Crippen molar-refractivity contribution in [2.45, 2.75) is 6.42 Å². The largest absolute Gasteiger partial charge is 0.412 e. The first-order chi connectivity index (χ1) is 14.0. The minimum absolute atomic E-state index is 0. The molecule has 2 aromatic carbocycles. The Morgan fingerprint density at radius 3 is 2.58 bits per heavy atom. The Labute approximate surface area is 184 Å². The Balaban J connectivity index is 0.00000171. The minimum Gasteiger partial charge on any atom is -0.412 e. The van der Waals surface area contributed by atoms with Gasteiger partial charge in [0.25, 0.3) is 5.91 Å². The molecule has 2 aromatic rings. The molecular weight excluding hydrogens is 430 g/mol. The Morgan fingerprint density at radius 2 is 1.87 bits per heavy atom. The highest BCUT2D eigenvalue weighted by Crippen LogP contribution is 2.44. The van der Waals surface area contributed by atoms with Crippen LogP contribution in [0.4, 0.5) is 25.8 Å². The smallest absolute Gasteiger partial charge is 0.263 e. The van der Waals surface area contributed by atoms with Crippen molar-refractivity contribution in [3.05, 3.63) is 65.5 Å². The lowest BCUT2D eigenvalue weighted by atomic mass is 10.0. The number of likely N-dealkylation sites (N-methyl/N-ethyl adjacent to an activating group) is 1. The number of fused-ring (bicyclic) bond motifs is 3. The zero-order valence-corrected chi connectivity index (χ0v) is 17.6. The highest BCUT2D eigenvalue weighted by molar-refractivity contribution is 6.25. The average Bonchev–Trinajstić information content (AvgIpc) is 3.00. The molecule has 0 saturated carbocycles. The number of carbonyl (C=O) groups is 2. The van der Waals surface area contributed by atoms with E-state index in [1.807, 2.05) is 4.90 Å². The van der Waals surface area contributed by atoms with Crippen LogP contribution in [0.5, 0.6) is 0 Å². The van der Waals surface area contributed by atoms with Gasteiger partial charge in [-0.05, 0) is 37.4 Å². The number of rotatable bonds is 5. The van der Waals surface area contributed by atoms with Gasteiger partial charge in [-0.1, -0.05) is 12.1 Å². The Morgan fingerprint density at radius 1 is 1.13 bits per heavy atom. The SMILES string of the molecule is CNCCN1C2=C(C(=O)Nc3ccccc3F)C(=O)CCN2c2ccc(F)cc21.Cl.O. The van der Waals surface area contributed by atoms with Gasteiger partial charge in [-0.2, -0.15) is 0 Å². The van der Waals surface area contributed by atoms with E-state index in [4.69, 9.17) is 0 Å². The zero-order chi connectivity index (χ0) is 20.5. The van der Waals surface area contributed by atoms with Crippen molar-refractivity contribution in [2.75, 3.05) is 41.8 Å². The summed E-state index contributed by atoms with van der Waals surface area (Å²) in [6, 6.07) is 10.2. The van der Waals surface area contributed by atoms with Gasteiger partial charge in [0.1, 0.15) is 23.0 Å².